The van der Waals surface area contributed by atoms with E-state index in [2.05, 4.69) is 4.98 Å². The fourth-order valence-corrected chi connectivity index (χ4v) is 2.13. The maximum absolute atomic E-state index is 11.9. The van der Waals surface area contributed by atoms with Crippen LogP contribution < -0.4 is 11.2 Å². The second-order valence-electron chi connectivity index (χ2n) is 4.40. The van der Waals surface area contributed by atoms with Crippen LogP contribution in [-0.4, -0.2) is 38.1 Å². The van der Waals surface area contributed by atoms with E-state index in [0.29, 0.717) is 6.42 Å². The van der Waals surface area contributed by atoms with Gasteiger partial charge in [-0.1, -0.05) is 6.92 Å². The van der Waals surface area contributed by atoms with E-state index in [1.54, 1.807) is 0 Å². The standard InChI is InChI=1S/C11H16N2O5/c1-3-6-7(14)8(15)9(18-6)5-4-12-11(17)13(2)10(5)16/h4,6-9,14-15H,3H2,1-2H3,(H,12,17). The minimum Gasteiger partial charge on any atom is -0.388 e. The zero-order valence-electron chi connectivity index (χ0n) is 10.2. The second-order valence-corrected chi connectivity index (χ2v) is 4.40. The van der Waals surface area contributed by atoms with Gasteiger partial charge < -0.3 is 19.9 Å². The fraction of sp³-hybridized carbons (Fsp3) is 0.636. The quantitative estimate of drug-likeness (QED) is 0.606. The number of hydrogen-bond donors (Lipinski definition) is 3. The van der Waals surface area contributed by atoms with Gasteiger partial charge in [0.2, 0.25) is 0 Å². The molecule has 4 atom stereocenters. The Bertz CT molecular complexity index is 549. The number of ether oxygens (including phenoxy) is 1. The molecular weight excluding hydrogens is 240 g/mol. The summed E-state index contributed by atoms with van der Waals surface area (Å²) < 4.78 is 6.36. The maximum Gasteiger partial charge on any atom is 0.328 e. The van der Waals surface area contributed by atoms with Crippen molar-refractivity contribution in [2.45, 2.75) is 37.8 Å². The normalized spacial score (nSPS) is 31.8. The van der Waals surface area contributed by atoms with Crippen LogP contribution in [0.4, 0.5) is 0 Å². The van der Waals surface area contributed by atoms with Gasteiger partial charge in [-0.15, -0.1) is 0 Å². The molecule has 1 saturated heterocycles. The Balaban J connectivity index is 2.42. The Morgan fingerprint density at radius 1 is 1.39 bits per heavy atom. The van der Waals surface area contributed by atoms with E-state index in [1.165, 1.54) is 13.2 Å². The van der Waals surface area contributed by atoms with Crippen molar-refractivity contribution < 1.29 is 14.9 Å². The largest absolute Gasteiger partial charge is 0.388 e. The molecule has 0 aliphatic carbocycles. The van der Waals surface area contributed by atoms with Crippen molar-refractivity contribution in [1.82, 2.24) is 9.55 Å². The van der Waals surface area contributed by atoms with Crippen molar-refractivity contribution in [2.24, 2.45) is 7.05 Å². The van der Waals surface area contributed by atoms with E-state index >= 15 is 0 Å². The molecule has 1 aromatic rings. The topological polar surface area (TPSA) is 105 Å². The first-order chi connectivity index (χ1) is 8.47. The van der Waals surface area contributed by atoms with Crippen molar-refractivity contribution in [1.29, 1.82) is 0 Å². The van der Waals surface area contributed by atoms with Crippen LogP contribution in [0.3, 0.4) is 0 Å². The van der Waals surface area contributed by atoms with E-state index in [-0.39, 0.29) is 5.56 Å². The Morgan fingerprint density at radius 2 is 2.06 bits per heavy atom. The summed E-state index contributed by atoms with van der Waals surface area (Å²) in [6.07, 6.45) is -1.88. The van der Waals surface area contributed by atoms with Gasteiger partial charge in [-0.2, -0.15) is 0 Å². The molecule has 3 N–H and O–H groups in total. The molecule has 1 aromatic heterocycles. The molecule has 1 aliphatic rings. The van der Waals surface area contributed by atoms with Crippen LogP contribution in [0.2, 0.25) is 0 Å². The minimum atomic E-state index is -1.17. The number of H-pyrrole nitrogens is 1. The SMILES string of the molecule is CCC1OC(c2c[nH]c(=O)n(C)c2=O)C(O)C1O. The predicted octanol–water partition coefficient (Wildman–Crippen LogP) is -1.35. The zero-order chi connectivity index (χ0) is 13.4. The van der Waals surface area contributed by atoms with E-state index in [4.69, 9.17) is 4.74 Å². The molecule has 1 fully saturated rings. The average molecular weight is 256 g/mol. The van der Waals surface area contributed by atoms with E-state index < -0.39 is 35.7 Å². The number of aliphatic hydroxyl groups excluding tert-OH is 2. The third-order valence-corrected chi connectivity index (χ3v) is 3.28. The fourth-order valence-electron chi connectivity index (χ4n) is 2.13. The highest BCUT2D eigenvalue weighted by Gasteiger charge is 2.43. The summed E-state index contributed by atoms with van der Waals surface area (Å²) >= 11 is 0. The van der Waals surface area contributed by atoms with Crippen LogP contribution in [-0.2, 0) is 11.8 Å². The first-order valence-electron chi connectivity index (χ1n) is 5.77. The second kappa shape index (κ2) is 4.68. The summed E-state index contributed by atoms with van der Waals surface area (Å²) in [6, 6.07) is 0. The molecule has 0 spiro atoms. The van der Waals surface area contributed by atoms with E-state index in [0.717, 1.165) is 4.57 Å². The summed E-state index contributed by atoms with van der Waals surface area (Å²) in [6.45, 7) is 1.81. The lowest BCUT2D eigenvalue weighted by atomic mass is 10.0. The lowest BCUT2D eigenvalue weighted by Crippen LogP contribution is -2.37. The zero-order valence-corrected chi connectivity index (χ0v) is 10.2. The first-order valence-corrected chi connectivity index (χ1v) is 5.77. The lowest BCUT2D eigenvalue weighted by Gasteiger charge is -2.14. The summed E-state index contributed by atoms with van der Waals surface area (Å²) in [4.78, 5) is 25.5. The third kappa shape index (κ3) is 1.90. The molecule has 0 amide bonds. The Kier molecular flexibility index (Phi) is 3.38. The Hall–Kier alpha value is -1.44. The Morgan fingerprint density at radius 3 is 2.61 bits per heavy atom. The number of nitrogens with one attached hydrogen (secondary N) is 1. The third-order valence-electron chi connectivity index (χ3n) is 3.28. The van der Waals surface area contributed by atoms with Crippen LogP contribution >= 0.6 is 0 Å². The van der Waals surface area contributed by atoms with Gasteiger partial charge in [0.15, 0.2) is 0 Å². The van der Waals surface area contributed by atoms with Gasteiger partial charge in [-0.05, 0) is 6.42 Å². The summed E-state index contributed by atoms with van der Waals surface area (Å²) in [5, 5.41) is 19.6. The molecule has 0 bridgehead atoms. The molecule has 18 heavy (non-hydrogen) atoms. The van der Waals surface area contributed by atoms with Gasteiger partial charge in [-0.25, -0.2) is 4.79 Å². The average Bonchev–Trinajstić information content (AvgIpc) is 2.64. The smallest absolute Gasteiger partial charge is 0.328 e. The van der Waals surface area contributed by atoms with Gasteiger partial charge in [-0.3, -0.25) is 9.36 Å². The highest BCUT2D eigenvalue weighted by Crippen LogP contribution is 2.32. The number of aromatic nitrogens is 2. The monoisotopic (exact) mass is 256 g/mol. The van der Waals surface area contributed by atoms with Crippen LogP contribution in [0.1, 0.15) is 25.0 Å². The molecule has 1 aliphatic heterocycles. The molecule has 100 valence electrons. The van der Waals surface area contributed by atoms with Gasteiger partial charge in [0.25, 0.3) is 5.56 Å². The number of nitrogens with zero attached hydrogens (tertiary/aromatic N) is 1. The van der Waals surface area contributed by atoms with E-state index in [1.807, 2.05) is 6.92 Å². The van der Waals surface area contributed by atoms with Crippen molar-refractivity contribution in [2.75, 3.05) is 0 Å². The van der Waals surface area contributed by atoms with Gasteiger partial charge in [0.1, 0.15) is 18.3 Å². The number of aliphatic hydroxyl groups is 2. The van der Waals surface area contributed by atoms with Gasteiger partial charge >= 0.3 is 5.69 Å². The molecule has 4 unspecified atom stereocenters. The highest BCUT2D eigenvalue weighted by molar-refractivity contribution is 5.14. The number of aromatic amines is 1. The molecule has 7 heteroatoms. The highest BCUT2D eigenvalue weighted by atomic mass is 16.5. The molecule has 7 nitrogen and oxygen atoms in total. The summed E-state index contributed by atoms with van der Waals surface area (Å²) in [7, 11) is 1.33. The van der Waals surface area contributed by atoms with Crippen LogP contribution in [0.25, 0.3) is 0 Å². The summed E-state index contributed by atoms with van der Waals surface area (Å²) in [5.74, 6) is 0. The minimum absolute atomic E-state index is 0.139. The number of hydrogen-bond acceptors (Lipinski definition) is 5. The van der Waals surface area contributed by atoms with Gasteiger partial charge in [0.05, 0.1) is 11.7 Å². The lowest BCUT2D eigenvalue weighted by molar-refractivity contribution is 0.00450. The summed E-state index contributed by atoms with van der Waals surface area (Å²) in [5.41, 5.74) is -0.935. The van der Waals surface area contributed by atoms with Crippen molar-refractivity contribution >= 4 is 0 Å². The van der Waals surface area contributed by atoms with Crippen LogP contribution in [0.15, 0.2) is 15.8 Å². The van der Waals surface area contributed by atoms with E-state index in [9.17, 15) is 19.8 Å². The number of rotatable bonds is 2. The van der Waals surface area contributed by atoms with Crippen molar-refractivity contribution in [3.63, 3.8) is 0 Å². The van der Waals surface area contributed by atoms with Gasteiger partial charge in [0, 0.05) is 13.2 Å². The molecular formula is C11H16N2O5. The first kappa shape index (κ1) is 13.0. The molecule has 2 rings (SSSR count). The predicted molar refractivity (Wildman–Crippen MR) is 62.2 cm³/mol. The molecule has 0 saturated carbocycles. The van der Waals surface area contributed by atoms with Crippen LogP contribution in [0.5, 0.6) is 0 Å². The van der Waals surface area contributed by atoms with Crippen molar-refractivity contribution in [3.8, 4) is 0 Å². The molecule has 0 aromatic carbocycles. The molecule has 2 heterocycles. The molecule has 0 radical (unpaired) electrons. The van der Waals surface area contributed by atoms with Crippen LogP contribution in [0, 0.1) is 0 Å². The maximum atomic E-state index is 11.9. The Labute approximate surface area is 103 Å². The van der Waals surface area contributed by atoms with Crippen molar-refractivity contribution in [3.05, 3.63) is 32.6 Å².